The van der Waals surface area contributed by atoms with Gasteiger partial charge in [-0.15, -0.1) is 0 Å². The molecule has 9 N–H and O–H groups in total. The van der Waals surface area contributed by atoms with Gasteiger partial charge in [0.2, 0.25) is 35.5 Å². The Morgan fingerprint density at radius 1 is 0.797 bits per heavy atom. The van der Waals surface area contributed by atoms with Crippen LogP contribution in [0.3, 0.4) is 0 Å². The molecule has 0 unspecified atom stereocenters. The Hall–Kier alpha value is -11.9. The second-order valence-corrected chi connectivity index (χ2v) is 31.6. The number of alkyl halides is 3. The molecule has 12 rings (SSSR count). The average Bonchev–Trinajstić information content (AvgIpc) is 1.67. The van der Waals surface area contributed by atoms with Crippen molar-refractivity contribution in [1.29, 1.82) is 0 Å². The molecule has 3 atom stereocenters. The minimum absolute atomic E-state index is 0.00998. The van der Waals surface area contributed by atoms with E-state index in [9.17, 15) is 59.9 Å². The molecule has 3 saturated heterocycles. The Morgan fingerprint density at radius 3 is 2.21 bits per heavy atom. The van der Waals surface area contributed by atoms with Crippen molar-refractivity contribution < 1.29 is 88.3 Å². The summed E-state index contributed by atoms with van der Waals surface area (Å²) in [5.41, 5.74) is 7.61. The fourth-order valence-electron chi connectivity index (χ4n) is 12.1. The van der Waals surface area contributed by atoms with Crippen molar-refractivity contribution in [2.24, 2.45) is 11.8 Å². The summed E-state index contributed by atoms with van der Waals surface area (Å²) in [7, 11) is 8.44. The van der Waals surface area contributed by atoms with E-state index in [1.165, 1.54) is 39.8 Å². The number of ether oxygens (including phenoxy) is 6. The fourth-order valence-corrected chi connectivity index (χ4v) is 14.2. The van der Waals surface area contributed by atoms with Crippen molar-refractivity contribution in [1.82, 2.24) is 60.9 Å². The highest BCUT2D eigenvalue weighted by Crippen LogP contribution is 2.39. The summed E-state index contributed by atoms with van der Waals surface area (Å²) >= 11 is 0. The van der Waals surface area contributed by atoms with Crippen molar-refractivity contribution in [3.8, 4) is 28.5 Å². The van der Waals surface area contributed by atoms with Crippen LogP contribution in [0.15, 0.2) is 146 Å². The van der Waals surface area contributed by atoms with E-state index in [1.807, 2.05) is 39.6 Å². The van der Waals surface area contributed by atoms with Gasteiger partial charge in [0.25, 0.3) is 5.91 Å². The zero-order valence-electron chi connectivity index (χ0n) is 69.2. The number of hydrogen-bond donors (Lipinski definition) is 8. The summed E-state index contributed by atoms with van der Waals surface area (Å²) in [5, 5.41) is 24.0. The normalized spacial score (nSPS) is 17.4. The number of allylic oxidation sites excluding steroid dienone is 2. The number of Topliss-reactive ketones (excluding diaryl/α,β-unsaturated/α-hetero) is 1. The summed E-state index contributed by atoms with van der Waals surface area (Å²) in [4.78, 5) is 115. The highest BCUT2D eigenvalue weighted by Gasteiger charge is 2.36. The zero-order chi connectivity index (χ0) is 88.7. The van der Waals surface area contributed by atoms with Gasteiger partial charge < -0.3 is 86.1 Å². The Morgan fingerprint density at radius 2 is 1.53 bits per heavy atom. The third-order valence-electron chi connectivity index (χ3n) is 18.3. The number of nitrogen functional groups attached to an aromatic ring is 1. The molecule has 2 bridgehead atoms. The number of esters is 1. The number of ketones is 1. The minimum Gasteiger partial charge on any atom is -0.491 e. The summed E-state index contributed by atoms with van der Waals surface area (Å²) in [6, 6.07) is 21.0. The predicted octanol–water partition coefficient (Wildman–Crippen LogP) is 11.8. The van der Waals surface area contributed by atoms with Crippen LogP contribution in [0.25, 0.3) is 22.2 Å². The Bertz CT molecular complexity index is 4980. The van der Waals surface area contributed by atoms with Crippen molar-refractivity contribution in [3.05, 3.63) is 175 Å². The Labute approximate surface area is 715 Å². The zero-order valence-corrected chi connectivity index (χ0v) is 70.8. The quantitative estimate of drug-likeness (QED) is 0.00561. The number of nitrogens with zero attached hydrogens (tertiary/aromatic N) is 10. The molecular weight excluding hydrogens is 1650 g/mol. The first kappa shape index (κ1) is 94.9. The van der Waals surface area contributed by atoms with Gasteiger partial charge in [0.15, 0.2) is 29.0 Å². The predicted molar refractivity (Wildman–Crippen MR) is 458 cm³/mol. The molecule has 8 heterocycles. The first-order valence-electron chi connectivity index (χ1n) is 39.4. The minimum atomic E-state index is -4.59. The van der Waals surface area contributed by atoms with Crippen LogP contribution in [0.4, 0.5) is 72.8 Å². The number of rotatable bonds is 23. The van der Waals surface area contributed by atoms with Gasteiger partial charge in [-0.1, -0.05) is 74.1 Å². The van der Waals surface area contributed by atoms with Crippen LogP contribution in [0.2, 0.25) is 0 Å². The number of anilines is 8. The molecule has 5 amide bonds. The lowest BCUT2D eigenvalue weighted by atomic mass is 10.0. The Kier molecular flexibility index (Phi) is 36.2. The van der Waals surface area contributed by atoms with E-state index < -0.39 is 77.0 Å². The molecule has 4 aliphatic rings. The van der Waals surface area contributed by atoms with Crippen LogP contribution >= 0.6 is 21.6 Å². The van der Waals surface area contributed by atoms with Gasteiger partial charge in [-0.05, 0) is 137 Å². The molecule has 31 nitrogen and oxygen atoms in total. The number of nitrogens with one attached hydrogen (secondary N) is 7. The topological polar surface area (TPSA) is 377 Å². The molecule has 0 radical (unpaired) electrons. The smallest absolute Gasteiger partial charge is 0.417 e. The van der Waals surface area contributed by atoms with Gasteiger partial charge >= 0.3 is 12.1 Å². The van der Waals surface area contributed by atoms with E-state index in [4.69, 9.17) is 34.2 Å². The summed E-state index contributed by atoms with van der Waals surface area (Å²) in [6.07, 6.45) is 6.00. The fraction of sp³-hybridized carbons (Fsp3) is 0.393. The molecular formula is C84H100F6N18O13S2. The van der Waals surface area contributed by atoms with Crippen molar-refractivity contribution in [3.63, 3.8) is 0 Å². The lowest BCUT2D eigenvalue weighted by Gasteiger charge is -2.31. The number of benzene rings is 4. The van der Waals surface area contributed by atoms with Gasteiger partial charge in [0, 0.05) is 104 Å². The van der Waals surface area contributed by atoms with E-state index in [1.54, 1.807) is 107 Å². The van der Waals surface area contributed by atoms with Crippen LogP contribution in [-0.2, 0) is 60.4 Å². The largest absolute Gasteiger partial charge is 0.491 e. The molecule has 3 fully saturated rings. The van der Waals surface area contributed by atoms with Crippen molar-refractivity contribution >= 4 is 120 Å². The number of carbonyl (C=O) groups excluding carboxylic acids is 7. The van der Waals surface area contributed by atoms with E-state index in [0.29, 0.717) is 143 Å². The van der Waals surface area contributed by atoms with Gasteiger partial charge in [-0.2, -0.15) is 28.2 Å². The van der Waals surface area contributed by atoms with Crippen molar-refractivity contribution in [2.45, 2.75) is 91.2 Å². The van der Waals surface area contributed by atoms with E-state index in [-0.39, 0.29) is 82.4 Å². The number of morpholine rings is 2. The van der Waals surface area contributed by atoms with Gasteiger partial charge in [0.05, 0.1) is 80.7 Å². The van der Waals surface area contributed by atoms with Crippen LogP contribution < -0.4 is 62.2 Å². The number of carbonyl (C=O) groups is 7. The Balaban J connectivity index is 0.000000186. The van der Waals surface area contributed by atoms with E-state index in [2.05, 4.69) is 87.7 Å². The van der Waals surface area contributed by atoms with Gasteiger partial charge in [-0.3, -0.25) is 33.4 Å². The molecule has 4 aromatic carbocycles. The monoisotopic (exact) mass is 1750 g/mol. The molecule has 0 saturated carbocycles. The number of pyridine rings is 1. The summed E-state index contributed by atoms with van der Waals surface area (Å²) < 4.78 is 117. The first-order chi connectivity index (χ1) is 58.9. The highest BCUT2D eigenvalue weighted by molar-refractivity contribution is 8.76. The standard InChI is InChI=1S/C23H27F2N3O2.C22H22FN5O3.C21H30N4O6S2.C18H21F3N6O2/c1-15(2)14-28-20-12-18(21(29)6-5-9-27(3)4)23(10-16(20)13-26-28)30-22-8-7-17(24)11-19(22)25;1-3-20(29)25-16-5-4-6-17(13-16)26-21-19(23)14-24-22(28-21)27-15-7-9-18(10-8-15)31-12-11-30-2;1-4-14-19(28)25-18(12(2)3)21(30)31-13-7-5-6-8-32-33-11-15(20(29)24-14)23-17(27)10-22-16(26)9-13;19-18(20,21)13-9-15(22)23-11-12(13)14-10-16(26-1-5-28-6-2-26)25-17(24-14)27-3-7-29-8-4-27/h7-8,10-13,15H,5-6,9,14H2,1-4H3;3-10,13-14H,1,11-12H2,2H3,(H,25,29)(H2,24,26,27,28);4-5,7,12-13,15,18H,6,8-11H2,1-3H3,(H,22,26)(H,23,27)(H,24,29)(H,25,28);9-11H,1-8H2,(H2,22,23)/b;;7-5-,14-4-;/t;;13-,15-,18+;/m..1./s1. The number of aromatic nitrogens is 7. The number of fused-ring (bicyclic) bond motifs is 8. The van der Waals surface area contributed by atoms with Crippen molar-refractivity contribution in [2.75, 3.05) is 143 Å². The van der Waals surface area contributed by atoms with Crippen LogP contribution in [0, 0.1) is 29.3 Å². The third-order valence-corrected chi connectivity index (χ3v) is 20.8. The maximum absolute atomic E-state index is 14.2. The lowest BCUT2D eigenvalue weighted by molar-refractivity contribution is -0.153. The third kappa shape index (κ3) is 29.7. The highest BCUT2D eigenvalue weighted by atomic mass is 33.1. The van der Waals surface area contributed by atoms with E-state index >= 15 is 0 Å². The van der Waals surface area contributed by atoms with E-state index in [0.717, 1.165) is 48.0 Å². The first-order valence-corrected chi connectivity index (χ1v) is 41.9. The van der Waals surface area contributed by atoms with Crippen LogP contribution in [-0.4, -0.2) is 211 Å². The molecule has 123 heavy (non-hydrogen) atoms. The summed E-state index contributed by atoms with van der Waals surface area (Å²) in [5.74, 6) is -2.72. The number of amides is 5. The van der Waals surface area contributed by atoms with Crippen LogP contribution in [0.1, 0.15) is 76.2 Å². The van der Waals surface area contributed by atoms with Gasteiger partial charge in [-0.25, -0.2) is 32.9 Å². The second kappa shape index (κ2) is 46.9. The average molecular weight is 1750 g/mol. The molecule has 4 aliphatic heterocycles. The van der Waals surface area contributed by atoms with Crippen LogP contribution in [0.5, 0.6) is 17.2 Å². The molecule has 0 aliphatic carbocycles. The number of hydrogen-bond acceptors (Lipinski definition) is 27. The summed E-state index contributed by atoms with van der Waals surface area (Å²) in [6.45, 7) is 19.2. The second-order valence-electron chi connectivity index (χ2n) is 29.0. The maximum atomic E-state index is 14.2. The maximum Gasteiger partial charge on any atom is 0.417 e. The lowest BCUT2D eigenvalue weighted by Crippen LogP contribution is -2.53. The van der Waals surface area contributed by atoms with Gasteiger partial charge in [0.1, 0.15) is 59.4 Å². The molecule has 39 heteroatoms. The number of nitrogens with two attached hydrogens (primary N) is 1. The molecule has 8 aromatic rings. The molecule has 658 valence electrons. The molecule has 0 spiro atoms. The molecule has 4 aromatic heterocycles. The number of halogens is 6. The SMILES string of the molecule is C/C=C1\NC(=O)[C@H]2CSSCC/C=C\[C@H](CC(=O)NCC(=O)N2)OC(=O)[C@H](C(C)C)NC1=O.C=CC(=O)Nc1cccc(Nc2nc(Nc3ccc(OCCOC)cc3)ncc2F)c1.CC(C)Cn1ncc2cc(Oc3ccc(F)cc3F)c(C(=O)CCCN(C)C)cc21.Nc1cc(C(F)(F)F)c(-c2cc(N3CCOCC3)nc(N3CCOCC3)n2)cn1. The number of methoxy groups -OCH3 is 1.